The highest BCUT2D eigenvalue weighted by molar-refractivity contribution is 5.81. The minimum absolute atomic E-state index is 0.0778. The van der Waals surface area contributed by atoms with Crippen LogP contribution < -0.4 is 0 Å². The highest BCUT2D eigenvalue weighted by Gasteiger charge is 2.45. The van der Waals surface area contributed by atoms with Gasteiger partial charge in [0.25, 0.3) is 0 Å². The highest BCUT2D eigenvalue weighted by atomic mass is 16.7. The molecule has 0 N–H and O–H groups in total. The summed E-state index contributed by atoms with van der Waals surface area (Å²) in [6.07, 6.45) is 0.940. The lowest BCUT2D eigenvalue weighted by atomic mass is 10.1. The normalized spacial score (nSPS) is 22.9. The number of hydrogen-bond acceptors (Lipinski definition) is 2. The summed E-state index contributed by atoms with van der Waals surface area (Å²) in [6, 6.07) is 8.37. The van der Waals surface area contributed by atoms with E-state index in [-0.39, 0.29) is 11.8 Å². The van der Waals surface area contributed by atoms with E-state index >= 15 is 0 Å². The lowest BCUT2D eigenvalue weighted by Gasteiger charge is -2.13. The van der Waals surface area contributed by atoms with Crippen LogP contribution >= 0.6 is 0 Å². The van der Waals surface area contributed by atoms with Gasteiger partial charge in [-0.1, -0.05) is 29.8 Å². The second-order valence-corrected chi connectivity index (χ2v) is 4.38. The third-order valence-corrected chi connectivity index (χ3v) is 3.16. The van der Waals surface area contributed by atoms with Crippen LogP contribution in [0.4, 0.5) is 0 Å². The topological polar surface area (TPSA) is 29.5 Å². The molecule has 2 atom stereocenters. The van der Waals surface area contributed by atoms with Gasteiger partial charge in [-0.2, -0.15) is 0 Å². The molecule has 1 saturated carbocycles. The van der Waals surface area contributed by atoms with E-state index < -0.39 is 0 Å². The van der Waals surface area contributed by atoms with Crippen molar-refractivity contribution >= 4 is 5.91 Å². The Morgan fingerprint density at radius 2 is 2.25 bits per heavy atom. The van der Waals surface area contributed by atoms with Crippen LogP contribution in [0, 0.1) is 12.8 Å². The molecule has 1 aliphatic rings. The van der Waals surface area contributed by atoms with Crippen LogP contribution in [0.3, 0.4) is 0 Å². The maximum Gasteiger partial charge on any atom is 0.249 e. The number of nitrogens with zero attached hydrogens (tertiary/aromatic N) is 1. The monoisotopic (exact) mass is 219 g/mol. The number of carbonyl (C=O) groups excluding carboxylic acids is 1. The molecule has 0 heterocycles. The smallest absolute Gasteiger partial charge is 0.249 e. The van der Waals surface area contributed by atoms with Crippen molar-refractivity contribution in [2.45, 2.75) is 19.3 Å². The van der Waals surface area contributed by atoms with Crippen LogP contribution in [0.1, 0.15) is 23.5 Å². The molecule has 0 radical (unpaired) electrons. The maximum atomic E-state index is 11.8. The van der Waals surface area contributed by atoms with Gasteiger partial charge in [0.05, 0.1) is 7.11 Å². The molecule has 1 aliphatic carbocycles. The molecule has 0 saturated heterocycles. The first-order valence-electron chi connectivity index (χ1n) is 5.51. The Kier molecular flexibility index (Phi) is 2.97. The Morgan fingerprint density at radius 3 is 2.88 bits per heavy atom. The van der Waals surface area contributed by atoms with E-state index in [9.17, 15) is 4.79 Å². The third-order valence-electron chi connectivity index (χ3n) is 3.16. The largest absolute Gasteiger partial charge is 0.275 e. The van der Waals surface area contributed by atoms with E-state index in [4.69, 9.17) is 4.84 Å². The van der Waals surface area contributed by atoms with Gasteiger partial charge < -0.3 is 0 Å². The third kappa shape index (κ3) is 2.09. The Labute approximate surface area is 96.0 Å². The standard InChI is InChI=1S/C13H17NO2/c1-9-5-4-6-10(7-9)11-8-12(11)13(15)14(2)16-3/h4-7,11-12H,8H2,1-3H3. The van der Waals surface area contributed by atoms with Crippen molar-refractivity contribution in [3.05, 3.63) is 35.4 Å². The molecule has 1 aromatic rings. The number of hydrogen-bond donors (Lipinski definition) is 0. The van der Waals surface area contributed by atoms with Crippen LogP contribution in [-0.2, 0) is 9.63 Å². The van der Waals surface area contributed by atoms with Crippen molar-refractivity contribution in [2.24, 2.45) is 5.92 Å². The highest BCUT2D eigenvalue weighted by Crippen LogP contribution is 2.48. The molecular weight excluding hydrogens is 202 g/mol. The fourth-order valence-corrected chi connectivity index (χ4v) is 2.06. The van der Waals surface area contributed by atoms with E-state index in [1.54, 1.807) is 7.05 Å². The van der Waals surface area contributed by atoms with Crippen molar-refractivity contribution in [1.82, 2.24) is 5.06 Å². The van der Waals surface area contributed by atoms with Gasteiger partial charge in [-0.3, -0.25) is 9.63 Å². The summed E-state index contributed by atoms with van der Waals surface area (Å²) in [5.74, 6) is 0.561. The molecule has 3 nitrogen and oxygen atoms in total. The fraction of sp³-hybridized carbons (Fsp3) is 0.462. The summed E-state index contributed by atoms with van der Waals surface area (Å²) in [7, 11) is 3.18. The van der Waals surface area contributed by atoms with Crippen LogP contribution in [0.15, 0.2) is 24.3 Å². The quantitative estimate of drug-likeness (QED) is 0.729. The van der Waals surface area contributed by atoms with Gasteiger partial charge in [-0.25, -0.2) is 5.06 Å². The van der Waals surface area contributed by atoms with Gasteiger partial charge in [-0.05, 0) is 24.8 Å². The van der Waals surface area contributed by atoms with Crippen molar-refractivity contribution in [3.63, 3.8) is 0 Å². The second kappa shape index (κ2) is 4.26. The summed E-state index contributed by atoms with van der Waals surface area (Å²) in [4.78, 5) is 16.7. The summed E-state index contributed by atoms with van der Waals surface area (Å²) in [6.45, 7) is 2.07. The molecule has 0 bridgehead atoms. The number of benzene rings is 1. The molecule has 1 amide bonds. The summed E-state index contributed by atoms with van der Waals surface area (Å²) in [5, 5.41) is 1.32. The molecule has 1 fully saturated rings. The van der Waals surface area contributed by atoms with Crippen molar-refractivity contribution in [2.75, 3.05) is 14.2 Å². The molecule has 16 heavy (non-hydrogen) atoms. The Bertz CT molecular complexity index is 403. The molecule has 0 spiro atoms. The summed E-state index contributed by atoms with van der Waals surface area (Å²) in [5.41, 5.74) is 2.51. The van der Waals surface area contributed by atoms with Gasteiger partial charge >= 0.3 is 0 Å². The van der Waals surface area contributed by atoms with E-state index in [2.05, 4.69) is 25.1 Å². The van der Waals surface area contributed by atoms with E-state index in [0.717, 1.165) is 6.42 Å². The molecule has 2 rings (SSSR count). The van der Waals surface area contributed by atoms with Crippen LogP contribution in [0.5, 0.6) is 0 Å². The van der Waals surface area contributed by atoms with Crippen LogP contribution in [-0.4, -0.2) is 25.1 Å². The van der Waals surface area contributed by atoms with Crippen LogP contribution in [0.2, 0.25) is 0 Å². The minimum atomic E-state index is 0.0778. The Morgan fingerprint density at radius 1 is 1.50 bits per heavy atom. The summed E-state index contributed by atoms with van der Waals surface area (Å²) >= 11 is 0. The zero-order valence-electron chi connectivity index (χ0n) is 9.93. The molecule has 2 unspecified atom stereocenters. The molecule has 0 aromatic heterocycles. The zero-order chi connectivity index (χ0) is 11.7. The lowest BCUT2D eigenvalue weighted by molar-refractivity contribution is -0.170. The molecule has 1 aromatic carbocycles. The zero-order valence-corrected chi connectivity index (χ0v) is 9.93. The SMILES string of the molecule is CON(C)C(=O)C1CC1c1cccc(C)c1. The fourth-order valence-electron chi connectivity index (χ4n) is 2.06. The average molecular weight is 219 g/mol. The Balaban J connectivity index is 2.04. The van der Waals surface area contributed by atoms with Gasteiger partial charge in [0.1, 0.15) is 0 Å². The number of amides is 1. The Hall–Kier alpha value is -1.35. The van der Waals surface area contributed by atoms with Gasteiger partial charge in [0.2, 0.25) is 5.91 Å². The van der Waals surface area contributed by atoms with Crippen molar-refractivity contribution in [1.29, 1.82) is 0 Å². The predicted molar refractivity (Wildman–Crippen MR) is 61.8 cm³/mol. The van der Waals surface area contributed by atoms with Gasteiger partial charge in [0.15, 0.2) is 0 Å². The molecule has 0 aliphatic heterocycles. The predicted octanol–water partition coefficient (Wildman–Crippen LogP) is 2.12. The molecule has 86 valence electrons. The first kappa shape index (κ1) is 11.1. The average Bonchev–Trinajstić information content (AvgIpc) is 3.07. The number of carbonyl (C=O) groups is 1. The summed E-state index contributed by atoms with van der Waals surface area (Å²) < 4.78 is 0. The number of rotatable bonds is 3. The second-order valence-electron chi connectivity index (χ2n) is 4.38. The number of aryl methyl sites for hydroxylation is 1. The molecular formula is C13H17NO2. The lowest BCUT2D eigenvalue weighted by Crippen LogP contribution is -2.27. The van der Waals surface area contributed by atoms with Gasteiger partial charge in [-0.15, -0.1) is 0 Å². The van der Waals surface area contributed by atoms with Crippen LogP contribution in [0.25, 0.3) is 0 Å². The maximum absolute atomic E-state index is 11.8. The van der Waals surface area contributed by atoms with E-state index in [1.165, 1.54) is 23.3 Å². The van der Waals surface area contributed by atoms with Gasteiger partial charge in [0, 0.05) is 13.0 Å². The minimum Gasteiger partial charge on any atom is -0.275 e. The van der Waals surface area contributed by atoms with Crippen molar-refractivity contribution < 1.29 is 9.63 Å². The van der Waals surface area contributed by atoms with E-state index in [1.807, 2.05) is 6.07 Å². The first-order chi connectivity index (χ1) is 7.63. The first-order valence-corrected chi connectivity index (χ1v) is 5.51. The molecule has 3 heteroatoms. The van der Waals surface area contributed by atoms with Crippen molar-refractivity contribution in [3.8, 4) is 0 Å². The van der Waals surface area contributed by atoms with E-state index in [0.29, 0.717) is 5.92 Å². The number of hydroxylamine groups is 2.